The van der Waals surface area contributed by atoms with E-state index in [0.717, 1.165) is 17.4 Å². The van der Waals surface area contributed by atoms with Gasteiger partial charge in [-0.15, -0.1) is 0 Å². The second kappa shape index (κ2) is 4.10. The topological polar surface area (TPSA) is 27.0 Å². The lowest BCUT2D eigenvalue weighted by molar-refractivity contribution is 0.502. The molecular formula is C13H15BrN2. The molecule has 1 heterocycles. The molecule has 0 spiro atoms. The molecule has 0 bridgehead atoms. The van der Waals surface area contributed by atoms with Gasteiger partial charge in [-0.3, -0.25) is 0 Å². The normalized spacial score (nSPS) is 23.1. The highest BCUT2D eigenvalue weighted by Gasteiger charge is 2.38. The number of hydrogen-bond donors (Lipinski definition) is 0. The summed E-state index contributed by atoms with van der Waals surface area (Å²) in [6, 6.07) is 10.6. The zero-order valence-electron chi connectivity index (χ0n) is 9.57. The molecule has 84 valence electrons. The molecule has 0 N–H and O–H groups in total. The SMILES string of the molecule is CC1(C)CC(C#N)CN1c1ccccc1Br. The van der Waals surface area contributed by atoms with Crippen molar-refractivity contribution in [3.05, 3.63) is 28.7 Å². The molecule has 1 saturated heterocycles. The summed E-state index contributed by atoms with van der Waals surface area (Å²) in [6.07, 6.45) is 0.935. The van der Waals surface area contributed by atoms with Crippen molar-refractivity contribution < 1.29 is 0 Å². The molecule has 1 fully saturated rings. The number of hydrogen-bond acceptors (Lipinski definition) is 2. The number of halogens is 1. The fourth-order valence-corrected chi connectivity index (χ4v) is 2.93. The highest BCUT2D eigenvalue weighted by atomic mass is 79.9. The summed E-state index contributed by atoms with van der Waals surface area (Å²) < 4.78 is 1.10. The predicted molar refractivity (Wildman–Crippen MR) is 69.3 cm³/mol. The van der Waals surface area contributed by atoms with Gasteiger partial charge in [-0.05, 0) is 48.3 Å². The first-order valence-electron chi connectivity index (χ1n) is 5.46. The van der Waals surface area contributed by atoms with Crippen LogP contribution in [0, 0.1) is 17.2 Å². The van der Waals surface area contributed by atoms with E-state index in [4.69, 9.17) is 5.26 Å². The number of benzene rings is 1. The fourth-order valence-electron chi connectivity index (χ4n) is 2.43. The van der Waals surface area contributed by atoms with Crippen LogP contribution in [-0.4, -0.2) is 12.1 Å². The standard InChI is InChI=1S/C13H15BrN2/c1-13(2)7-10(8-15)9-16(13)12-6-4-3-5-11(12)14/h3-6,10H,7,9H2,1-2H3. The van der Waals surface area contributed by atoms with Crippen LogP contribution in [-0.2, 0) is 0 Å². The van der Waals surface area contributed by atoms with Crippen molar-refractivity contribution in [1.82, 2.24) is 0 Å². The zero-order chi connectivity index (χ0) is 11.8. The van der Waals surface area contributed by atoms with E-state index in [2.05, 4.69) is 46.8 Å². The van der Waals surface area contributed by atoms with Crippen molar-refractivity contribution >= 4 is 21.6 Å². The van der Waals surface area contributed by atoms with Crippen LogP contribution in [0.1, 0.15) is 20.3 Å². The Morgan fingerprint density at radius 1 is 1.44 bits per heavy atom. The van der Waals surface area contributed by atoms with Crippen LogP contribution in [0.2, 0.25) is 0 Å². The van der Waals surface area contributed by atoms with E-state index in [1.807, 2.05) is 18.2 Å². The number of nitriles is 1. The lowest BCUT2D eigenvalue weighted by Gasteiger charge is -2.34. The number of nitrogens with zero attached hydrogens (tertiary/aromatic N) is 2. The quantitative estimate of drug-likeness (QED) is 0.785. The fraction of sp³-hybridized carbons (Fsp3) is 0.462. The van der Waals surface area contributed by atoms with Crippen LogP contribution < -0.4 is 4.90 Å². The van der Waals surface area contributed by atoms with Crippen LogP contribution in [0.5, 0.6) is 0 Å². The average molecular weight is 279 g/mol. The first-order chi connectivity index (χ1) is 7.54. The van der Waals surface area contributed by atoms with Crippen LogP contribution >= 0.6 is 15.9 Å². The monoisotopic (exact) mass is 278 g/mol. The summed E-state index contributed by atoms with van der Waals surface area (Å²) in [5, 5.41) is 9.04. The molecule has 16 heavy (non-hydrogen) atoms. The Balaban J connectivity index is 2.35. The number of rotatable bonds is 1. The van der Waals surface area contributed by atoms with Gasteiger partial charge < -0.3 is 4.90 Å². The summed E-state index contributed by atoms with van der Waals surface area (Å²) in [4.78, 5) is 2.32. The molecule has 2 rings (SSSR count). The molecule has 0 amide bonds. The van der Waals surface area contributed by atoms with Gasteiger partial charge in [0.05, 0.1) is 17.7 Å². The second-order valence-corrected chi connectivity index (χ2v) is 5.76. The maximum Gasteiger partial charge on any atom is 0.0675 e. The van der Waals surface area contributed by atoms with Gasteiger partial charge in [0.25, 0.3) is 0 Å². The van der Waals surface area contributed by atoms with Crippen molar-refractivity contribution in [1.29, 1.82) is 5.26 Å². The highest BCUT2D eigenvalue weighted by molar-refractivity contribution is 9.10. The highest BCUT2D eigenvalue weighted by Crippen LogP contribution is 2.39. The molecule has 0 radical (unpaired) electrons. The number of anilines is 1. The van der Waals surface area contributed by atoms with E-state index in [1.165, 1.54) is 5.69 Å². The van der Waals surface area contributed by atoms with Crippen LogP contribution in [0.25, 0.3) is 0 Å². The molecule has 1 atom stereocenters. The molecule has 1 aliphatic rings. The molecule has 1 aliphatic heterocycles. The van der Waals surface area contributed by atoms with Crippen molar-refractivity contribution in [3.63, 3.8) is 0 Å². The number of para-hydroxylation sites is 1. The largest absolute Gasteiger partial charge is 0.364 e. The smallest absolute Gasteiger partial charge is 0.0675 e. The molecule has 1 aromatic rings. The third-order valence-corrected chi connectivity index (χ3v) is 3.88. The average Bonchev–Trinajstić information content (AvgIpc) is 2.54. The van der Waals surface area contributed by atoms with E-state index in [1.54, 1.807) is 0 Å². The van der Waals surface area contributed by atoms with E-state index < -0.39 is 0 Å². The van der Waals surface area contributed by atoms with Crippen molar-refractivity contribution in [2.45, 2.75) is 25.8 Å². The Kier molecular flexibility index (Phi) is 2.94. The van der Waals surface area contributed by atoms with E-state index >= 15 is 0 Å². The van der Waals surface area contributed by atoms with E-state index in [0.29, 0.717) is 0 Å². The minimum atomic E-state index is 0.0598. The summed E-state index contributed by atoms with van der Waals surface area (Å²) in [6.45, 7) is 5.22. The summed E-state index contributed by atoms with van der Waals surface area (Å²) in [5.41, 5.74) is 1.25. The summed E-state index contributed by atoms with van der Waals surface area (Å²) >= 11 is 3.58. The summed E-state index contributed by atoms with van der Waals surface area (Å²) in [7, 11) is 0. The van der Waals surface area contributed by atoms with Gasteiger partial charge in [0, 0.05) is 16.6 Å². The van der Waals surface area contributed by atoms with Crippen molar-refractivity contribution in [3.8, 4) is 6.07 Å². The molecule has 1 unspecified atom stereocenters. The Morgan fingerprint density at radius 2 is 2.12 bits per heavy atom. The molecule has 0 aromatic heterocycles. The molecule has 0 saturated carbocycles. The van der Waals surface area contributed by atoms with Gasteiger partial charge in [-0.1, -0.05) is 12.1 Å². The van der Waals surface area contributed by atoms with Gasteiger partial charge in [0.2, 0.25) is 0 Å². The predicted octanol–water partition coefficient (Wildman–Crippen LogP) is 3.58. The Labute approximate surface area is 105 Å². The molecule has 0 aliphatic carbocycles. The Morgan fingerprint density at radius 3 is 2.69 bits per heavy atom. The van der Waals surface area contributed by atoms with Crippen LogP contribution in [0.15, 0.2) is 28.7 Å². The van der Waals surface area contributed by atoms with Crippen molar-refractivity contribution in [2.75, 3.05) is 11.4 Å². The van der Waals surface area contributed by atoms with Crippen LogP contribution in [0.3, 0.4) is 0 Å². The molecule has 3 heteroatoms. The summed E-state index contributed by atoms with van der Waals surface area (Å²) in [5.74, 6) is 0.141. The third kappa shape index (κ3) is 1.94. The molecule has 1 aromatic carbocycles. The van der Waals surface area contributed by atoms with Gasteiger partial charge in [0.1, 0.15) is 0 Å². The minimum Gasteiger partial charge on any atom is -0.364 e. The molecular weight excluding hydrogens is 264 g/mol. The Bertz CT molecular complexity index is 434. The van der Waals surface area contributed by atoms with E-state index in [-0.39, 0.29) is 11.5 Å². The van der Waals surface area contributed by atoms with Gasteiger partial charge in [0.15, 0.2) is 0 Å². The first-order valence-corrected chi connectivity index (χ1v) is 6.26. The zero-order valence-corrected chi connectivity index (χ0v) is 11.2. The lowest BCUT2D eigenvalue weighted by Crippen LogP contribution is -2.38. The van der Waals surface area contributed by atoms with Gasteiger partial charge in [-0.2, -0.15) is 5.26 Å². The molecule has 2 nitrogen and oxygen atoms in total. The maximum atomic E-state index is 9.04. The third-order valence-electron chi connectivity index (χ3n) is 3.21. The van der Waals surface area contributed by atoms with Gasteiger partial charge >= 0.3 is 0 Å². The van der Waals surface area contributed by atoms with Gasteiger partial charge in [-0.25, -0.2) is 0 Å². The second-order valence-electron chi connectivity index (χ2n) is 4.90. The first kappa shape index (κ1) is 11.5. The maximum absolute atomic E-state index is 9.04. The van der Waals surface area contributed by atoms with Crippen LogP contribution in [0.4, 0.5) is 5.69 Å². The minimum absolute atomic E-state index is 0.0598. The van der Waals surface area contributed by atoms with E-state index in [9.17, 15) is 0 Å². The van der Waals surface area contributed by atoms with Crippen molar-refractivity contribution in [2.24, 2.45) is 5.92 Å². The Hall–Kier alpha value is -1.01. The lowest BCUT2D eigenvalue weighted by atomic mass is 9.97.